The minimum Gasteiger partial charge on any atom is -0.497 e. The summed E-state index contributed by atoms with van der Waals surface area (Å²) in [5.41, 5.74) is 7.57. The van der Waals surface area contributed by atoms with Crippen molar-refractivity contribution in [2.45, 2.75) is 12.8 Å². The van der Waals surface area contributed by atoms with Crippen molar-refractivity contribution >= 4 is 33.2 Å². The largest absolute Gasteiger partial charge is 0.497 e. The lowest BCUT2D eigenvalue weighted by Gasteiger charge is -2.19. The number of thiazole rings is 1. The number of amides is 1. The van der Waals surface area contributed by atoms with Crippen molar-refractivity contribution < 1.29 is 9.53 Å². The molecule has 0 bridgehead atoms. The number of carbonyl (C=O) groups excluding carboxylic acids is 1. The van der Waals surface area contributed by atoms with Crippen molar-refractivity contribution in [3.05, 3.63) is 86.4 Å². The van der Waals surface area contributed by atoms with Gasteiger partial charge >= 0.3 is 0 Å². The van der Waals surface area contributed by atoms with E-state index in [1.54, 1.807) is 44.5 Å². The van der Waals surface area contributed by atoms with E-state index >= 15 is 0 Å². The Morgan fingerprint density at radius 2 is 1.91 bits per heavy atom. The number of rotatable bonds is 7. The van der Waals surface area contributed by atoms with Gasteiger partial charge in [0.1, 0.15) is 11.7 Å². The molecule has 2 aromatic heterocycles. The Bertz CT molecular complexity index is 1430. The maximum atomic E-state index is 13.6. The van der Waals surface area contributed by atoms with Crippen LogP contribution < -0.4 is 16.0 Å². The number of benzene rings is 2. The monoisotopic (exact) mass is 537 g/mol. The van der Waals surface area contributed by atoms with Crippen LogP contribution in [0.3, 0.4) is 0 Å². The number of carbonyl (C=O) groups is 1. The van der Waals surface area contributed by atoms with Gasteiger partial charge < -0.3 is 10.5 Å². The lowest BCUT2D eigenvalue weighted by molar-refractivity contribution is -0.120. The number of nitriles is 1. The third-order valence-electron chi connectivity index (χ3n) is 5.50. The molecule has 8 nitrogen and oxygen atoms in total. The summed E-state index contributed by atoms with van der Waals surface area (Å²) >= 11 is 4.72. The Kier molecular flexibility index (Phi) is 6.68. The molecule has 0 aliphatic rings. The number of aromatic nitrogens is 3. The number of methoxy groups -OCH3 is 1. The molecule has 34 heavy (non-hydrogen) atoms. The molecular formula is C24H20BrN5O3S. The molecule has 3 N–H and O–H groups in total. The molecule has 0 saturated heterocycles. The third kappa shape index (κ3) is 4.40. The predicted molar refractivity (Wildman–Crippen MR) is 133 cm³/mol. The Morgan fingerprint density at radius 3 is 2.50 bits per heavy atom. The first kappa shape index (κ1) is 23.5. The number of hydrogen-bond acceptors (Lipinski definition) is 6. The number of primary amides is 1. The van der Waals surface area contributed by atoms with Crippen LogP contribution in [0.25, 0.3) is 15.6 Å². The van der Waals surface area contributed by atoms with Gasteiger partial charge in [-0.05, 0) is 54.4 Å². The first-order chi connectivity index (χ1) is 16.3. The quantitative estimate of drug-likeness (QED) is 0.366. The zero-order valence-electron chi connectivity index (χ0n) is 18.3. The summed E-state index contributed by atoms with van der Waals surface area (Å²) in [5, 5.41) is 13.2. The second-order valence-corrected chi connectivity index (χ2v) is 9.49. The fourth-order valence-electron chi connectivity index (χ4n) is 3.82. The average molecular weight is 538 g/mol. The highest BCUT2D eigenvalue weighted by atomic mass is 79.9. The first-order valence-electron chi connectivity index (χ1n) is 10.2. The molecule has 0 aliphatic heterocycles. The number of nitrogens with one attached hydrogen (secondary N) is 1. The van der Waals surface area contributed by atoms with Crippen LogP contribution in [-0.2, 0) is 4.79 Å². The van der Waals surface area contributed by atoms with Gasteiger partial charge in [-0.15, -0.1) is 0 Å². The summed E-state index contributed by atoms with van der Waals surface area (Å²) in [4.78, 5) is 31.0. The van der Waals surface area contributed by atoms with Crippen LogP contribution >= 0.6 is 27.3 Å². The third-order valence-corrected chi connectivity index (χ3v) is 7.06. The standard InChI is InChI=1S/C24H20BrN5O3S/c1-13-20(21(18(11-26)22(27)31)15-3-7-16(25)8-4-15)23(32)30(29-13)24-28-12-19(34-24)14-5-9-17(33-2)10-6-14/h3-10,12,18,21,29H,1-2H3,(H2,27,31). The average Bonchev–Trinajstić information content (AvgIpc) is 3.43. The van der Waals surface area contributed by atoms with Crippen molar-refractivity contribution in [3.63, 3.8) is 0 Å². The Labute approximate surface area is 207 Å². The summed E-state index contributed by atoms with van der Waals surface area (Å²) in [7, 11) is 1.61. The molecule has 0 radical (unpaired) electrons. The molecule has 172 valence electrons. The van der Waals surface area contributed by atoms with E-state index in [0.717, 1.165) is 20.7 Å². The van der Waals surface area contributed by atoms with Crippen molar-refractivity contribution in [1.82, 2.24) is 14.8 Å². The fraction of sp³-hybridized carbons (Fsp3) is 0.167. The van der Waals surface area contributed by atoms with E-state index in [1.807, 2.05) is 30.3 Å². The molecule has 0 fully saturated rings. The maximum absolute atomic E-state index is 13.6. The topological polar surface area (TPSA) is 127 Å². The van der Waals surface area contributed by atoms with Crippen LogP contribution in [0.1, 0.15) is 22.7 Å². The summed E-state index contributed by atoms with van der Waals surface area (Å²) in [6.45, 7) is 1.73. The SMILES string of the molecule is COc1ccc(-c2cnc(-n3[nH]c(C)c(C(c4ccc(Br)cc4)C(C#N)C(N)=O)c3=O)s2)cc1. The van der Waals surface area contributed by atoms with E-state index in [4.69, 9.17) is 10.5 Å². The number of nitrogens with zero attached hydrogens (tertiary/aromatic N) is 3. The van der Waals surface area contributed by atoms with E-state index < -0.39 is 17.7 Å². The van der Waals surface area contributed by atoms with Gasteiger partial charge in [0.05, 0.1) is 18.1 Å². The van der Waals surface area contributed by atoms with Crippen molar-refractivity contribution in [2.75, 3.05) is 7.11 Å². The molecule has 0 saturated carbocycles. The van der Waals surface area contributed by atoms with E-state index in [-0.39, 0.29) is 5.56 Å². The molecule has 2 unspecified atom stereocenters. The predicted octanol–water partition coefficient (Wildman–Crippen LogP) is 4.13. The smallest absolute Gasteiger partial charge is 0.277 e. The Balaban J connectivity index is 1.80. The lowest BCUT2D eigenvalue weighted by atomic mass is 9.81. The van der Waals surface area contributed by atoms with E-state index in [0.29, 0.717) is 22.0 Å². The van der Waals surface area contributed by atoms with Crippen LogP contribution in [0.5, 0.6) is 5.75 Å². The van der Waals surface area contributed by atoms with E-state index in [9.17, 15) is 14.9 Å². The minimum atomic E-state index is -1.22. The van der Waals surface area contributed by atoms with Crippen LogP contribution in [-0.4, -0.2) is 27.8 Å². The summed E-state index contributed by atoms with van der Waals surface area (Å²) in [6.07, 6.45) is 1.69. The summed E-state index contributed by atoms with van der Waals surface area (Å²) in [5.74, 6) is -2.10. The van der Waals surface area contributed by atoms with Crippen LogP contribution in [0.2, 0.25) is 0 Å². The number of halogens is 1. The molecule has 10 heteroatoms. The molecule has 2 atom stereocenters. The van der Waals surface area contributed by atoms with Crippen LogP contribution in [0.4, 0.5) is 0 Å². The van der Waals surface area contributed by atoms with Crippen molar-refractivity contribution in [3.8, 4) is 27.4 Å². The fourth-order valence-corrected chi connectivity index (χ4v) is 4.96. The molecule has 2 heterocycles. The van der Waals surface area contributed by atoms with Gasteiger partial charge in [-0.2, -0.15) is 9.94 Å². The van der Waals surface area contributed by atoms with Gasteiger partial charge in [-0.3, -0.25) is 14.7 Å². The minimum absolute atomic E-state index is 0.300. The van der Waals surface area contributed by atoms with Gasteiger partial charge in [0, 0.05) is 27.8 Å². The summed E-state index contributed by atoms with van der Waals surface area (Å²) < 4.78 is 7.37. The first-order valence-corrected chi connectivity index (χ1v) is 11.8. The number of aryl methyl sites for hydroxylation is 1. The van der Waals surface area contributed by atoms with E-state index in [2.05, 4.69) is 26.0 Å². The lowest BCUT2D eigenvalue weighted by Crippen LogP contribution is -2.31. The second kappa shape index (κ2) is 9.67. The zero-order chi connectivity index (χ0) is 24.4. The van der Waals surface area contributed by atoms with Gasteiger partial charge in [0.25, 0.3) is 5.56 Å². The Morgan fingerprint density at radius 1 is 1.24 bits per heavy atom. The van der Waals surface area contributed by atoms with E-state index in [1.165, 1.54) is 16.0 Å². The van der Waals surface area contributed by atoms with Gasteiger partial charge in [0.15, 0.2) is 0 Å². The normalized spacial score (nSPS) is 12.6. The van der Waals surface area contributed by atoms with Gasteiger partial charge in [-0.1, -0.05) is 39.4 Å². The second-order valence-electron chi connectivity index (χ2n) is 7.56. The molecule has 4 rings (SSSR count). The molecular weight excluding hydrogens is 518 g/mol. The molecule has 1 amide bonds. The molecule has 0 aliphatic carbocycles. The summed E-state index contributed by atoms with van der Waals surface area (Å²) in [6, 6.07) is 16.6. The van der Waals surface area contributed by atoms with Gasteiger partial charge in [0.2, 0.25) is 11.0 Å². The molecule has 2 aromatic carbocycles. The van der Waals surface area contributed by atoms with Gasteiger partial charge in [-0.25, -0.2) is 4.98 Å². The zero-order valence-corrected chi connectivity index (χ0v) is 20.7. The number of H-pyrrole nitrogens is 1. The maximum Gasteiger partial charge on any atom is 0.277 e. The van der Waals surface area contributed by atoms with Crippen LogP contribution in [0.15, 0.2) is 64.0 Å². The van der Waals surface area contributed by atoms with Crippen molar-refractivity contribution in [2.24, 2.45) is 11.7 Å². The number of aromatic amines is 1. The number of nitrogens with two attached hydrogens (primary N) is 1. The highest BCUT2D eigenvalue weighted by Crippen LogP contribution is 2.34. The molecule has 4 aromatic rings. The Hall–Kier alpha value is -3.68. The van der Waals surface area contributed by atoms with Crippen LogP contribution in [0, 0.1) is 24.2 Å². The number of hydrogen-bond donors (Lipinski definition) is 2. The highest BCUT2D eigenvalue weighted by Gasteiger charge is 2.34. The number of ether oxygens (including phenoxy) is 1. The highest BCUT2D eigenvalue weighted by molar-refractivity contribution is 9.10. The van der Waals surface area contributed by atoms with Crippen molar-refractivity contribution in [1.29, 1.82) is 5.26 Å². The molecule has 0 spiro atoms.